The maximum Gasteiger partial charge on any atom is 0.231 e. The van der Waals surface area contributed by atoms with Gasteiger partial charge in [0, 0.05) is 5.92 Å². The Morgan fingerprint density at radius 2 is 1.43 bits per heavy atom. The van der Waals surface area contributed by atoms with Gasteiger partial charge in [-0.15, -0.1) is 0 Å². The standard InChI is InChI=1S/C11H9NO2/c13-10-8-7(9(8)11(14)12-10)6-4-2-1-3-5-6/h1-5,7-9H,(H,12,13,14). The molecule has 2 aliphatic rings. The highest BCUT2D eigenvalue weighted by Gasteiger charge is 2.64. The summed E-state index contributed by atoms with van der Waals surface area (Å²) < 4.78 is 0. The molecule has 0 bridgehead atoms. The van der Waals surface area contributed by atoms with Crippen molar-refractivity contribution in [2.45, 2.75) is 5.92 Å². The van der Waals surface area contributed by atoms with Crippen molar-refractivity contribution < 1.29 is 9.59 Å². The number of carbonyl (C=O) groups is 2. The third-order valence-corrected chi connectivity index (χ3v) is 3.06. The lowest BCUT2D eigenvalue weighted by molar-refractivity contribution is -0.127. The lowest BCUT2D eigenvalue weighted by Crippen LogP contribution is -2.26. The van der Waals surface area contributed by atoms with E-state index in [0.29, 0.717) is 0 Å². The molecule has 0 radical (unpaired) electrons. The second kappa shape index (κ2) is 2.44. The Labute approximate surface area is 81.1 Å². The van der Waals surface area contributed by atoms with Gasteiger partial charge in [-0.2, -0.15) is 0 Å². The highest BCUT2D eigenvalue weighted by Crippen LogP contribution is 2.56. The van der Waals surface area contributed by atoms with E-state index >= 15 is 0 Å². The number of piperidine rings is 1. The Bertz CT molecular complexity index is 393. The Balaban J connectivity index is 1.93. The molecule has 70 valence electrons. The van der Waals surface area contributed by atoms with E-state index < -0.39 is 0 Å². The Morgan fingerprint density at radius 1 is 0.857 bits per heavy atom. The van der Waals surface area contributed by atoms with Crippen LogP contribution >= 0.6 is 0 Å². The van der Waals surface area contributed by atoms with Crippen LogP contribution in [0.5, 0.6) is 0 Å². The average Bonchev–Trinajstić information content (AvgIpc) is 2.87. The normalized spacial score (nSPS) is 33.9. The van der Waals surface area contributed by atoms with Gasteiger partial charge in [-0.1, -0.05) is 30.3 Å². The van der Waals surface area contributed by atoms with Crippen LogP contribution in [0.4, 0.5) is 0 Å². The molecular weight excluding hydrogens is 178 g/mol. The topological polar surface area (TPSA) is 46.2 Å². The molecule has 0 spiro atoms. The molecule has 3 rings (SSSR count). The fourth-order valence-electron chi connectivity index (χ4n) is 2.34. The summed E-state index contributed by atoms with van der Waals surface area (Å²) in [7, 11) is 0. The van der Waals surface area contributed by atoms with Crippen molar-refractivity contribution in [3.63, 3.8) is 0 Å². The second-order valence-electron chi connectivity index (χ2n) is 3.84. The van der Waals surface area contributed by atoms with Gasteiger partial charge in [0.25, 0.3) is 0 Å². The van der Waals surface area contributed by atoms with Crippen LogP contribution in [0.15, 0.2) is 30.3 Å². The van der Waals surface area contributed by atoms with Crippen LogP contribution in [0, 0.1) is 11.8 Å². The molecule has 2 atom stereocenters. The summed E-state index contributed by atoms with van der Waals surface area (Å²) in [5, 5.41) is 2.34. The van der Waals surface area contributed by atoms with Crippen molar-refractivity contribution in [3.8, 4) is 0 Å². The SMILES string of the molecule is O=C1NC(=O)C2C1C2c1ccccc1. The van der Waals surface area contributed by atoms with E-state index in [-0.39, 0.29) is 29.6 Å². The van der Waals surface area contributed by atoms with Gasteiger partial charge in [-0.3, -0.25) is 14.9 Å². The second-order valence-corrected chi connectivity index (χ2v) is 3.84. The van der Waals surface area contributed by atoms with Crippen molar-refractivity contribution in [2.75, 3.05) is 0 Å². The van der Waals surface area contributed by atoms with E-state index in [9.17, 15) is 9.59 Å². The lowest BCUT2D eigenvalue weighted by atomic mass is 10.1. The van der Waals surface area contributed by atoms with Gasteiger partial charge in [-0.05, 0) is 5.56 Å². The van der Waals surface area contributed by atoms with Crippen LogP contribution in [0.1, 0.15) is 11.5 Å². The van der Waals surface area contributed by atoms with Crippen LogP contribution in [0.25, 0.3) is 0 Å². The molecule has 1 saturated heterocycles. The third-order valence-electron chi connectivity index (χ3n) is 3.06. The maximum absolute atomic E-state index is 11.3. The molecule has 2 unspecified atom stereocenters. The number of imide groups is 1. The summed E-state index contributed by atoms with van der Waals surface area (Å²) in [5.41, 5.74) is 1.10. The van der Waals surface area contributed by atoms with Crippen molar-refractivity contribution in [1.29, 1.82) is 0 Å². The molecule has 0 aromatic heterocycles. The zero-order chi connectivity index (χ0) is 9.71. The lowest BCUT2D eigenvalue weighted by Gasteiger charge is -2.02. The summed E-state index contributed by atoms with van der Waals surface area (Å²) in [6.07, 6.45) is 0. The zero-order valence-corrected chi connectivity index (χ0v) is 7.44. The molecule has 1 aliphatic heterocycles. The van der Waals surface area contributed by atoms with Crippen LogP contribution in [-0.2, 0) is 9.59 Å². The first-order chi connectivity index (χ1) is 6.79. The molecule has 1 heterocycles. The van der Waals surface area contributed by atoms with E-state index in [2.05, 4.69) is 5.32 Å². The molecule has 1 N–H and O–H groups in total. The number of hydrogen-bond donors (Lipinski definition) is 1. The number of benzene rings is 1. The first-order valence-electron chi connectivity index (χ1n) is 4.68. The number of carbonyl (C=O) groups excluding carboxylic acids is 2. The van der Waals surface area contributed by atoms with E-state index in [1.165, 1.54) is 0 Å². The van der Waals surface area contributed by atoms with E-state index in [0.717, 1.165) is 5.56 Å². The Hall–Kier alpha value is -1.64. The average molecular weight is 187 g/mol. The van der Waals surface area contributed by atoms with Gasteiger partial charge in [0.2, 0.25) is 11.8 Å². The highest BCUT2D eigenvalue weighted by molar-refractivity contribution is 6.10. The summed E-state index contributed by atoms with van der Waals surface area (Å²) >= 11 is 0. The van der Waals surface area contributed by atoms with Crippen molar-refractivity contribution >= 4 is 11.8 Å². The molecule has 3 heteroatoms. The highest BCUT2D eigenvalue weighted by atomic mass is 16.2. The summed E-state index contributed by atoms with van der Waals surface area (Å²) in [6.45, 7) is 0. The molecule has 1 aliphatic carbocycles. The van der Waals surface area contributed by atoms with Crippen molar-refractivity contribution in [2.24, 2.45) is 11.8 Å². The predicted molar refractivity (Wildman–Crippen MR) is 49.3 cm³/mol. The minimum Gasteiger partial charge on any atom is -0.296 e. The number of fused-ring (bicyclic) bond motifs is 1. The molecule has 2 fully saturated rings. The van der Waals surface area contributed by atoms with E-state index in [1.807, 2.05) is 30.3 Å². The van der Waals surface area contributed by atoms with E-state index in [4.69, 9.17) is 0 Å². The van der Waals surface area contributed by atoms with Gasteiger partial charge < -0.3 is 0 Å². The van der Waals surface area contributed by atoms with Gasteiger partial charge in [0.05, 0.1) is 11.8 Å². The zero-order valence-electron chi connectivity index (χ0n) is 7.44. The van der Waals surface area contributed by atoms with Gasteiger partial charge >= 0.3 is 0 Å². The molecular formula is C11H9NO2. The van der Waals surface area contributed by atoms with Crippen LogP contribution in [0.3, 0.4) is 0 Å². The molecule has 3 nitrogen and oxygen atoms in total. The minimum atomic E-state index is -0.103. The molecule has 2 amide bonds. The van der Waals surface area contributed by atoms with Crippen molar-refractivity contribution in [3.05, 3.63) is 35.9 Å². The molecule has 1 aromatic carbocycles. The Kier molecular flexibility index (Phi) is 1.35. The quantitative estimate of drug-likeness (QED) is 0.657. The summed E-state index contributed by atoms with van der Waals surface area (Å²) in [5.74, 6) is -0.255. The van der Waals surface area contributed by atoms with Gasteiger partial charge in [0.15, 0.2) is 0 Å². The predicted octanol–water partition coefficient (Wildman–Crippen LogP) is 0.673. The van der Waals surface area contributed by atoms with Crippen molar-refractivity contribution in [1.82, 2.24) is 5.32 Å². The number of hydrogen-bond acceptors (Lipinski definition) is 2. The monoisotopic (exact) mass is 187 g/mol. The minimum absolute atomic E-state index is 0.0927. The van der Waals surface area contributed by atoms with Gasteiger partial charge in [0.1, 0.15) is 0 Å². The summed E-state index contributed by atoms with van der Waals surface area (Å²) in [6, 6.07) is 9.76. The molecule has 1 aromatic rings. The number of rotatable bonds is 1. The van der Waals surface area contributed by atoms with Crippen LogP contribution < -0.4 is 5.32 Å². The fourth-order valence-corrected chi connectivity index (χ4v) is 2.34. The first kappa shape index (κ1) is 7.74. The fraction of sp³-hybridized carbons (Fsp3) is 0.273. The number of nitrogens with one attached hydrogen (secondary N) is 1. The molecule has 1 saturated carbocycles. The summed E-state index contributed by atoms with van der Waals surface area (Å²) in [4.78, 5) is 22.6. The first-order valence-corrected chi connectivity index (χ1v) is 4.68. The van der Waals surface area contributed by atoms with Gasteiger partial charge in [-0.25, -0.2) is 0 Å². The Morgan fingerprint density at radius 3 is 2.00 bits per heavy atom. The third kappa shape index (κ3) is 0.867. The maximum atomic E-state index is 11.3. The van der Waals surface area contributed by atoms with E-state index in [1.54, 1.807) is 0 Å². The van der Waals surface area contributed by atoms with Crippen LogP contribution in [-0.4, -0.2) is 11.8 Å². The molecule has 14 heavy (non-hydrogen) atoms. The smallest absolute Gasteiger partial charge is 0.231 e. The van der Waals surface area contributed by atoms with Crippen LogP contribution in [0.2, 0.25) is 0 Å². The number of amides is 2. The largest absolute Gasteiger partial charge is 0.296 e.